The van der Waals surface area contributed by atoms with Crippen molar-refractivity contribution in [2.75, 3.05) is 24.1 Å². The van der Waals surface area contributed by atoms with Gasteiger partial charge in [0.05, 0.1) is 17.0 Å². The maximum atomic E-state index is 11.9. The van der Waals surface area contributed by atoms with Crippen LogP contribution in [0.1, 0.15) is 0 Å². The summed E-state index contributed by atoms with van der Waals surface area (Å²) in [7, 11) is -1.65. The normalized spacial score (nSPS) is 11.7. The van der Waals surface area contributed by atoms with Crippen molar-refractivity contribution in [3.8, 4) is 0 Å². The van der Waals surface area contributed by atoms with Crippen molar-refractivity contribution in [2.24, 2.45) is 0 Å². The Morgan fingerprint density at radius 2 is 2.16 bits per heavy atom. The minimum atomic E-state index is -3.36. The summed E-state index contributed by atoms with van der Waals surface area (Å²) in [6.45, 7) is 0.402. The summed E-state index contributed by atoms with van der Waals surface area (Å²) in [5.41, 5.74) is 1.14. The van der Waals surface area contributed by atoms with Gasteiger partial charge >= 0.3 is 0 Å². The zero-order chi connectivity index (χ0) is 13.9. The second-order valence-corrected chi connectivity index (χ2v) is 6.81. The van der Waals surface area contributed by atoms with Crippen LogP contribution in [0.25, 0.3) is 10.9 Å². The van der Waals surface area contributed by atoms with Gasteiger partial charge in [-0.2, -0.15) is 0 Å². The largest absolute Gasteiger partial charge is 0.319 e. The van der Waals surface area contributed by atoms with Crippen LogP contribution in [0.15, 0.2) is 34.9 Å². The summed E-state index contributed by atoms with van der Waals surface area (Å²) in [6, 6.07) is 7.29. The Kier molecular flexibility index (Phi) is 4.38. The van der Waals surface area contributed by atoms with Gasteiger partial charge in [0, 0.05) is 22.6 Å². The second-order valence-electron chi connectivity index (χ2n) is 4.06. The van der Waals surface area contributed by atoms with Gasteiger partial charge in [-0.15, -0.1) is 0 Å². The summed E-state index contributed by atoms with van der Waals surface area (Å²) in [5.74, 6) is 0.0242. The zero-order valence-electron chi connectivity index (χ0n) is 10.4. The van der Waals surface area contributed by atoms with E-state index in [0.29, 0.717) is 17.7 Å². The Hall–Kier alpha value is -1.18. The number of halogens is 1. The molecule has 0 aliphatic rings. The number of aromatic nitrogens is 1. The van der Waals surface area contributed by atoms with Gasteiger partial charge in [-0.3, -0.25) is 9.71 Å². The number of nitrogens with zero attached hydrogens (tertiary/aromatic N) is 1. The molecule has 0 bridgehead atoms. The molecule has 7 heteroatoms. The van der Waals surface area contributed by atoms with E-state index in [1.165, 1.54) is 0 Å². The number of rotatable bonds is 5. The molecule has 1 aromatic carbocycles. The molecular formula is C12H14BrN3O2S. The Bertz CT molecular complexity index is 688. The van der Waals surface area contributed by atoms with E-state index in [4.69, 9.17) is 0 Å². The van der Waals surface area contributed by atoms with E-state index in [1.54, 1.807) is 25.4 Å². The minimum Gasteiger partial charge on any atom is -0.319 e. The van der Waals surface area contributed by atoms with Crippen LogP contribution in [-0.4, -0.2) is 32.7 Å². The lowest BCUT2D eigenvalue weighted by Crippen LogP contribution is -2.24. The number of nitrogens with one attached hydrogen (secondary N) is 2. The van der Waals surface area contributed by atoms with Crippen molar-refractivity contribution in [3.63, 3.8) is 0 Å². The smallest absolute Gasteiger partial charge is 0.234 e. The van der Waals surface area contributed by atoms with Crippen LogP contribution in [0.3, 0.4) is 0 Å². The lowest BCUT2D eigenvalue weighted by molar-refractivity contribution is 0.599. The van der Waals surface area contributed by atoms with Crippen LogP contribution < -0.4 is 10.0 Å². The zero-order valence-corrected chi connectivity index (χ0v) is 12.8. The number of anilines is 1. The second kappa shape index (κ2) is 5.85. The molecule has 0 aliphatic heterocycles. The first kappa shape index (κ1) is 14.2. The topological polar surface area (TPSA) is 71.1 Å². The van der Waals surface area contributed by atoms with Gasteiger partial charge in [0.15, 0.2) is 0 Å². The van der Waals surface area contributed by atoms with E-state index in [-0.39, 0.29) is 5.75 Å². The van der Waals surface area contributed by atoms with Crippen molar-refractivity contribution in [2.45, 2.75) is 0 Å². The van der Waals surface area contributed by atoms with Gasteiger partial charge < -0.3 is 5.32 Å². The number of hydrogen-bond acceptors (Lipinski definition) is 4. The highest BCUT2D eigenvalue weighted by Crippen LogP contribution is 2.24. The highest BCUT2D eigenvalue weighted by Gasteiger charge is 2.12. The van der Waals surface area contributed by atoms with Crippen LogP contribution in [0.5, 0.6) is 0 Å². The van der Waals surface area contributed by atoms with Crippen molar-refractivity contribution in [3.05, 3.63) is 34.9 Å². The molecule has 0 saturated heterocycles. The van der Waals surface area contributed by atoms with Gasteiger partial charge in [0.1, 0.15) is 0 Å². The van der Waals surface area contributed by atoms with Gasteiger partial charge in [0.25, 0.3) is 0 Å². The van der Waals surface area contributed by atoms with E-state index in [1.807, 2.05) is 12.1 Å². The molecule has 2 N–H and O–H groups in total. The maximum absolute atomic E-state index is 11.9. The van der Waals surface area contributed by atoms with E-state index in [0.717, 1.165) is 9.86 Å². The van der Waals surface area contributed by atoms with Crippen LogP contribution >= 0.6 is 15.9 Å². The van der Waals surface area contributed by atoms with Crippen molar-refractivity contribution in [1.29, 1.82) is 0 Å². The van der Waals surface area contributed by atoms with Gasteiger partial charge in [-0.25, -0.2) is 8.42 Å². The standard InChI is InChI=1S/C12H14BrN3O2S/c1-14-5-6-19(17,18)16-11-4-2-3-9-7-10(13)8-15-12(9)11/h2-4,7-8,14,16H,5-6H2,1H3. The summed E-state index contributed by atoms with van der Waals surface area (Å²) < 4.78 is 27.2. The molecule has 2 rings (SSSR count). The molecule has 2 aromatic rings. The lowest BCUT2D eigenvalue weighted by atomic mass is 10.2. The molecule has 19 heavy (non-hydrogen) atoms. The number of fused-ring (bicyclic) bond motifs is 1. The first-order valence-corrected chi connectivity index (χ1v) is 8.16. The molecule has 0 atom stereocenters. The quantitative estimate of drug-likeness (QED) is 0.870. The first-order chi connectivity index (χ1) is 9.02. The monoisotopic (exact) mass is 343 g/mol. The van der Waals surface area contributed by atoms with Crippen LogP contribution in [0, 0.1) is 0 Å². The Morgan fingerprint density at radius 3 is 2.89 bits per heavy atom. The highest BCUT2D eigenvalue weighted by molar-refractivity contribution is 9.10. The number of hydrogen-bond donors (Lipinski definition) is 2. The first-order valence-electron chi connectivity index (χ1n) is 5.71. The minimum absolute atomic E-state index is 0.0242. The van der Waals surface area contributed by atoms with E-state index < -0.39 is 10.0 Å². The maximum Gasteiger partial charge on any atom is 0.234 e. The molecule has 102 valence electrons. The third kappa shape index (κ3) is 3.65. The highest BCUT2D eigenvalue weighted by atomic mass is 79.9. The number of benzene rings is 1. The van der Waals surface area contributed by atoms with Crippen LogP contribution in [0.4, 0.5) is 5.69 Å². The SMILES string of the molecule is CNCCS(=O)(=O)Nc1cccc2cc(Br)cnc12. The number of sulfonamides is 1. The molecule has 0 radical (unpaired) electrons. The Morgan fingerprint density at radius 1 is 1.37 bits per heavy atom. The number of pyridine rings is 1. The molecular weight excluding hydrogens is 330 g/mol. The Balaban J connectivity index is 2.36. The Labute approximate surface area is 120 Å². The molecule has 0 unspecified atom stereocenters. The van der Waals surface area contributed by atoms with Crippen LogP contribution in [0.2, 0.25) is 0 Å². The summed E-state index contributed by atoms with van der Waals surface area (Å²) in [5, 5.41) is 3.69. The average Bonchev–Trinajstić information content (AvgIpc) is 2.36. The fourth-order valence-corrected chi connectivity index (χ4v) is 3.10. The molecule has 5 nitrogen and oxygen atoms in total. The fourth-order valence-electron chi connectivity index (χ4n) is 1.67. The molecule has 0 amide bonds. The van der Waals surface area contributed by atoms with Crippen molar-refractivity contribution < 1.29 is 8.42 Å². The molecule has 0 spiro atoms. The van der Waals surface area contributed by atoms with E-state index >= 15 is 0 Å². The van der Waals surface area contributed by atoms with Gasteiger partial charge in [-0.1, -0.05) is 12.1 Å². The molecule has 1 aromatic heterocycles. The van der Waals surface area contributed by atoms with Crippen molar-refractivity contribution >= 4 is 42.5 Å². The number of para-hydroxylation sites is 1. The predicted molar refractivity (Wildman–Crippen MR) is 80.8 cm³/mol. The van der Waals surface area contributed by atoms with Gasteiger partial charge in [-0.05, 0) is 35.1 Å². The molecule has 1 heterocycles. The lowest BCUT2D eigenvalue weighted by Gasteiger charge is -2.10. The average molecular weight is 344 g/mol. The molecule has 0 saturated carbocycles. The molecule has 0 aliphatic carbocycles. The van der Waals surface area contributed by atoms with E-state index in [2.05, 4.69) is 31.0 Å². The third-order valence-electron chi connectivity index (χ3n) is 2.56. The summed E-state index contributed by atoms with van der Waals surface area (Å²) in [4.78, 5) is 4.26. The van der Waals surface area contributed by atoms with Gasteiger partial charge in [0.2, 0.25) is 10.0 Å². The molecule has 0 fully saturated rings. The fraction of sp³-hybridized carbons (Fsp3) is 0.250. The summed E-state index contributed by atoms with van der Waals surface area (Å²) in [6.07, 6.45) is 1.65. The van der Waals surface area contributed by atoms with Crippen LogP contribution in [-0.2, 0) is 10.0 Å². The van der Waals surface area contributed by atoms with Crippen molar-refractivity contribution in [1.82, 2.24) is 10.3 Å². The summed E-state index contributed by atoms with van der Waals surface area (Å²) >= 11 is 3.34. The predicted octanol–water partition coefficient (Wildman–Crippen LogP) is 1.96. The third-order valence-corrected chi connectivity index (χ3v) is 4.27. The van der Waals surface area contributed by atoms with E-state index in [9.17, 15) is 8.42 Å².